The molecule has 1 atom stereocenters. The number of hydrogen-bond donors (Lipinski definition) is 1. The molecule has 0 fully saturated rings. The maximum absolute atomic E-state index is 12.7. The van der Waals surface area contributed by atoms with Crippen molar-refractivity contribution in [3.63, 3.8) is 0 Å². The molecule has 1 aromatic heterocycles. The number of amides is 1. The lowest BCUT2D eigenvalue weighted by molar-refractivity contribution is 0.102. The molecule has 1 unspecified atom stereocenters. The van der Waals surface area contributed by atoms with Gasteiger partial charge in [0.25, 0.3) is 5.91 Å². The van der Waals surface area contributed by atoms with Crippen LogP contribution in [0.4, 0.5) is 17.2 Å². The topological polar surface area (TPSA) is 69.0 Å². The molecule has 3 aromatic rings. The SMILES string of the molecule is CC1Cc2ccccc2N1c1cc(C(=O)Nc2ccccc2C#N)ccn1. The summed E-state index contributed by atoms with van der Waals surface area (Å²) in [5.74, 6) is 0.482. The first kappa shape index (κ1) is 16.8. The minimum atomic E-state index is -0.263. The van der Waals surface area contributed by atoms with Gasteiger partial charge in [0.2, 0.25) is 0 Å². The van der Waals surface area contributed by atoms with Crippen molar-refractivity contribution < 1.29 is 4.79 Å². The highest BCUT2D eigenvalue weighted by Crippen LogP contribution is 2.37. The predicted molar refractivity (Wildman–Crippen MR) is 105 cm³/mol. The number of fused-ring (bicyclic) bond motifs is 1. The Labute approximate surface area is 157 Å². The van der Waals surface area contributed by atoms with E-state index in [0.717, 1.165) is 17.9 Å². The number of nitrogens with zero attached hydrogens (tertiary/aromatic N) is 3. The lowest BCUT2D eigenvalue weighted by Gasteiger charge is -2.24. The molecule has 132 valence electrons. The number of para-hydroxylation sites is 2. The second-order valence-corrected chi connectivity index (χ2v) is 6.57. The molecule has 0 radical (unpaired) electrons. The molecule has 2 heterocycles. The summed E-state index contributed by atoms with van der Waals surface area (Å²) in [6.07, 6.45) is 2.60. The summed E-state index contributed by atoms with van der Waals surface area (Å²) in [7, 11) is 0. The number of rotatable bonds is 3. The summed E-state index contributed by atoms with van der Waals surface area (Å²) >= 11 is 0. The fourth-order valence-corrected chi connectivity index (χ4v) is 3.49. The molecule has 5 nitrogen and oxygen atoms in total. The van der Waals surface area contributed by atoms with Crippen molar-refractivity contribution in [1.29, 1.82) is 5.26 Å². The lowest BCUT2D eigenvalue weighted by Crippen LogP contribution is -2.25. The van der Waals surface area contributed by atoms with Gasteiger partial charge in [0.15, 0.2) is 0 Å². The lowest BCUT2D eigenvalue weighted by atomic mass is 10.1. The van der Waals surface area contributed by atoms with E-state index in [9.17, 15) is 10.1 Å². The Morgan fingerprint density at radius 2 is 1.96 bits per heavy atom. The molecule has 0 spiro atoms. The molecule has 5 heteroatoms. The minimum absolute atomic E-state index is 0.263. The van der Waals surface area contributed by atoms with Crippen LogP contribution in [0.1, 0.15) is 28.4 Å². The highest BCUT2D eigenvalue weighted by molar-refractivity contribution is 6.05. The zero-order valence-corrected chi connectivity index (χ0v) is 14.9. The highest BCUT2D eigenvalue weighted by Gasteiger charge is 2.28. The van der Waals surface area contributed by atoms with Crippen molar-refractivity contribution in [3.8, 4) is 6.07 Å². The van der Waals surface area contributed by atoms with Crippen LogP contribution in [0.5, 0.6) is 0 Å². The van der Waals surface area contributed by atoms with E-state index in [0.29, 0.717) is 16.8 Å². The summed E-state index contributed by atoms with van der Waals surface area (Å²) in [5, 5.41) is 12.0. The normalized spacial score (nSPS) is 15.1. The van der Waals surface area contributed by atoms with Gasteiger partial charge >= 0.3 is 0 Å². The summed E-state index contributed by atoms with van der Waals surface area (Å²) in [6, 6.07) is 21.1. The quantitative estimate of drug-likeness (QED) is 0.762. The van der Waals surface area contributed by atoms with Crippen molar-refractivity contribution in [2.75, 3.05) is 10.2 Å². The third-order valence-corrected chi connectivity index (χ3v) is 4.76. The smallest absolute Gasteiger partial charge is 0.255 e. The Kier molecular flexibility index (Phi) is 4.31. The largest absolute Gasteiger partial charge is 0.323 e. The minimum Gasteiger partial charge on any atom is -0.323 e. The van der Waals surface area contributed by atoms with E-state index in [2.05, 4.69) is 40.3 Å². The third kappa shape index (κ3) is 3.13. The Morgan fingerprint density at radius 1 is 1.19 bits per heavy atom. The molecule has 1 amide bonds. The van der Waals surface area contributed by atoms with Crippen LogP contribution in [0.25, 0.3) is 0 Å². The average Bonchev–Trinajstić information content (AvgIpc) is 3.04. The summed E-state index contributed by atoms with van der Waals surface area (Å²) in [6.45, 7) is 2.15. The molecule has 0 aliphatic carbocycles. The van der Waals surface area contributed by atoms with Crippen molar-refractivity contribution in [2.45, 2.75) is 19.4 Å². The molecule has 4 rings (SSSR count). The zero-order valence-electron chi connectivity index (χ0n) is 14.9. The Hall–Kier alpha value is -3.65. The van der Waals surface area contributed by atoms with Gasteiger partial charge in [-0.05, 0) is 49.2 Å². The van der Waals surface area contributed by atoms with Crippen molar-refractivity contribution in [2.24, 2.45) is 0 Å². The van der Waals surface area contributed by atoms with Gasteiger partial charge < -0.3 is 10.2 Å². The maximum Gasteiger partial charge on any atom is 0.255 e. The van der Waals surface area contributed by atoms with Crippen LogP contribution in [0, 0.1) is 11.3 Å². The number of anilines is 3. The first-order valence-electron chi connectivity index (χ1n) is 8.81. The Morgan fingerprint density at radius 3 is 2.81 bits per heavy atom. The van der Waals surface area contributed by atoms with Crippen molar-refractivity contribution >= 4 is 23.1 Å². The fourth-order valence-electron chi connectivity index (χ4n) is 3.49. The molecular weight excluding hydrogens is 336 g/mol. The standard InChI is InChI=1S/C22H18N4O/c1-15-12-16-6-3-5-9-20(16)26(15)21-13-17(10-11-24-21)22(27)25-19-8-4-2-7-18(19)14-23/h2-11,13,15H,12H2,1H3,(H,25,27). The summed E-state index contributed by atoms with van der Waals surface area (Å²) in [5.41, 5.74) is 3.85. The van der Waals surface area contributed by atoms with Crippen LogP contribution in [0.15, 0.2) is 66.9 Å². The van der Waals surface area contributed by atoms with E-state index in [1.165, 1.54) is 5.56 Å². The first-order valence-corrected chi connectivity index (χ1v) is 8.81. The van der Waals surface area contributed by atoms with Gasteiger partial charge in [-0.2, -0.15) is 5.26 Å². The molecular formula is C22H18N4O. The summed E-state index contributed by atoms with van der Waals surface area (Å²) in [4.78, 5) is 19.4. The van der Waals surface area contributed by atoms with Gasteiger partial charge in [0.1, 0.15) is 11.9 Å². The fraction of sp³-hybridized carbons (Fsp3) is 0.136. The number of nitriles is 1. The molecule has 0 saturated heterocycles. The number of pyridine rings is 1. The van der Waals surface area contributed by atoms with Gasteiger partial charge in [-0.1, -0.05) is 30.3 Å². The van der Waals surface area contributed by atoms with Crippen LogP contribution in [0.2, 0.25) is 0 Å². The van der Waals surface area contributed by atoms with E-state index in [4.69, 9.17) is 0 Å². The van der Waals surface area contributed by atoms with E-state index < -0.39 is 0 Å². The molecule has 1 aliphatic rings. The first-order chi connectivity index (χ1) is 13.2. The van der Waals surface area contributed by atoms with E-state index in [-0.39, 0.29) is 11.9 Å². The van der Waals surface area contributed by atoms with Gasteiger partial charge in [-0.3, -0.25) is 4.79 Å². The van der Waals surface area contributed by atoms with Crippen molar-refractivity contribution in [3.05, 3.63) is 83.6 Å². The molecule has 1 N–H and O–H groups in total. The van der Waals surface area contributed by atoms with Gasteiger partial charge in [0.05, 0.1) is 11.3 Å². The Balaban J connectivity index is 1.64. The molecule has 0 saturated carbocycles. The average molecular weight is 354 g/mol. The molecule has 1 aliphatic heterocycles. The number of carbonyl (C=O) groups excluding carboxylic acids is 1. The number of benzene rings is 2. The number of carbonyl (C=O) groups is 1. The molecule has 0 bridgehead atoms. The van der Waals surface area contributed by atoms with Crippen LogP contribution < -0.4 is 10.2 Å². The molecule has 27 heavy (non-hydrogen) atoms. The number of aromatic nitrogens is 1. The van der Waals surface area contributed by atoms with E-state index in [1.807, 2.05) is 12.1 Å². The zero-order chi connectivity index (χ0) is 18.8. The second-order valence-electron chi connectivity index (χ2n) is 6.57. The Bertz CT molecular complexity index is 1050. The van der Waals surface area contributed by atoms with Crippen LogP contribution >= 0.6 is 0 Å². The maximum atomic E-state index is 12.7. The predicted octanol–water partition coefficient (Wildman–Crippen LogP) is 4.29. The number of hydrogen-bond acceptors (Lipinski definition) is 4. The monoisotopic (exact) mass is 354 g/mol. The second kappa shape index (κ2) is 6.93. The molecule has 2 aromatic carbocycles. The van der Waals surface area contributed by atoms with Crippen LogP contribution in [0.3, 0.4) is 0 Å². The third-order valence-electron chi connectivity index (χ3n) is 4.76. The highest BCUT2D eigenvalue weighted by atomic mass is 16.1. The van der Waals surface area contributed by atoms with Gasteiger partial charge in [-0.25, -0.2) is 4.98 Å². The van der Waals surface area contributed by atoms with Crippen molar-refractivity contribution in [1.82, 2.24) is 4.98 Å². The van der Waals surface area contributed by atoms with Crippen LogP contribution in [-0.4, -0.2) is 16.9 Å². The van der Waals surface area contributed by atoms with Gasteiger partial charge in [0, 0.05) is 23.5 Å². The van der Waals surface area contributed by atoms with E-state index >= 15 is 0 Å². The van der Waals surface area contributed by atoms with Gasteiger partial charge in [-0.15, -0.1) is 0 Å². The summed E-state index contributed by atoms with van der Waals surface area (Å²) < 4.78 is 0. The van der Waals surface area contributed by atoms with Crippen LogP contribution in [-0.2, 0) is 6.42 Å². The number of nitrogens with one attached hydrogen (secondary N) is 1. The van der Waals surface area contributed by atoms with E-state index in [1.54, 1.807) is 42.6 Å².